The number of amides is 1. The number of benzene rings is 1. The first-order valence-corrected chi connectivity index (χ1v) is 5.73. The van der Waals surface area contributed by atoms with Crippen LogP contribution in [0.25, 0.3) is 0 Å². The molecule has 1 rings (SSSR count). The van der Waals surface area contributed by atoms with E-state index in [1.807, 2.05) is 25.1 Å². The van der Waals surface area contributed by atoms with Crippen molar-refractivity contribution in [2.24, 2.45) is 0 Å². The van der Waals surface area contributed by atoms with E-state index in [0.29, 0.717) is 12.2 Å². The number of carbonyl (C=O) groups is 1. The van der Waals surface area contributed by atoms with Gasteiger partial charge in [-0.3, -0.25) is 4.79 Å². The van der Waals surface area contributed by atoms with Gasteiger partial charge in [0.1, 0.15) is 0 Å². The second-order valence-corrected chi connectivity index (χ2v) is 4.34. The Morgan fingerprint density at radius 2 is 2.29 bits per heavy atom. The van der Waals surface area contributed by atoms with Gasteiger partial charge in [-0.15, -0.1) is 0 Å². The molecule has 0 heterocycles. The molecule has 0 atom stereocenters. The summed E-state index contributed by atoms with van der Waals surface area (Å²) in [6.07, 6.45) is 0.440. The minimum absolute atomic E-state index is 0.00111. The van der Waals surface area contributed by atoms with Crippen molar-refractivity contribution in [2.45, 2.75) is 13.3 Å². The van der Waals surface area contributed by atoms with Gasteiger partial charge < -0.3 is 5.32 Å². The predicted octanol–water partition coefficient (Wildman–Crippen LogP) is 3.02. The van der Waals surface area contributed by atoms with E-state index in [9.17, 15) is 4.79 Å². The summed E-state index contributed by atoms with van der Waals surface area (Å²) in [5.41, 5.74) is 1.91. The highest BCUT2D eigenvalue weighted by molar-refractivity contribution is 9.10. The summed E-state index contributed by atoms with van der Waals surface area (Å²) in [5.74, 6) is 0.569. The van der Waals surface area contributed by atoms with Crippen molar-refractivity contribution in [3.05, 3.63) is 28.2 Å². The van der Waals surface area contributed by atoms with Crippen LogP contribution < -0.4 is 5.32 Å². The van der Waals surface area contributed by atoms with Crippen LogP contribution in [0.5, 0.6) is 0 Å². The first kappa shape index (κ1) is 11.6. The normalized spacial score (nSPS) is 9.93. The van der Waals surface area contributed by atoms with Crippen LogP contribution in [0.4, 0.5) is 5.69 Å². The molecular weight excluding hydrogens is 262 g/mol. The highest BCUT2D eigenvalue weighted by atomic mass is 79.9. The van der Waals surface area contributed by atoms with Gasteiger partial charge >= 0.3 is 0 Å². The first-order chi connectivity index (χ1) is 6.63. The Morgan fingerprint density at radius 3 is 2.93 bits per heavy atom. The third-order valence-corrected chi connectivity index (χ3v) is 2.53. The van der Waals surface area contributed by atoms with Gasteiger partial charge in [-0.1, -0.05) is 22.0 Å². The third kappa shape index (κ3) is 3.35. The van der Waals surface area contributed by atoms with Crippen molar-refractivity contribution in [3.8, 4) is 0 Å². The van der Waals surface area contributed by atoms with Crippen LogP contribution in [-0.4, -0.2) is 11.7 Å². The fourth-order valence-electron chi connectivity index (χ4n) is 1.04. The molecule has 4 heteroatoms. The van der Waals surface area contributed by atoms with E-state index >= 15 is 0 Å². The molecule has 0 fully saturated rings. The molecule has 0 radical (unpaired) electrons. The largest absolute Gasteiger partial charge is 0.326 e. The highest BCUT2D eigenvalue weighted by Gasteiger charge is 2.03. The Balaban J connectivity index is 2.75. The molecule has 0 aliphatic rings. The van der Waals surface area contributed by atoms with E-state index in [-0.39, 0.29) is 5.91 Å². The maximum Gasteiger partial charge on any atom is 0.225 e. The average molecular weight is 274 g/mol. The maximum absolute atomic E-state index is 11.3. The van der Waals surface area contributed by atoms with Gasteiger partial charge in [-0.25, -0.2) is 0 Å². The molecule has 0 saturated carbocycles. The lowest BCUT2D eigenvalue weighted by Gasteiger charge is -2.07. The number of thiol groups is 1. The zero-order valence-corrected chi connectivity index (χ0v) is 10.4. The van der Waals surface area contributed by atoms with Crippen molar-refractivity contribution >= 4 is 40.2 Å². The Kier molecular flexibility index (Phi) is 4.48. The van der Waals surface area contributed by atoms with Gasteiger partial charge in [0.05, 0.1) is 0 Å². The van der Waals surface area contributed by atoms with Crippen LogP contribution in [0.15, 0.2) is 22.7 Å². The minimum Gasteiger partial charge on any atom is -0.326 e. The van der Waals surface area contributed by atoms with Crippen LogP contribution in [-0.2, 0) is 4.79 Å². The summed E-state index contributed by atoms with van der Waals surface area (Å²) in [5, 5.41) is 2.83. The van der Waals surface area contributed by atoms with Crippen molar-refractivity contribution in [1.82, 2.24) is 0 Å². The van der Waals surface area contributed by atoms with Crippen molar-refractivity contribution in [1.29, 1.82) is 0 Å². The van der Waals surface area contributed by atoms with Gasteiger partial charge in [-0.05, 0) is 30.4 Å². The number of halogens is 1. The number of rotatable bonds is 3. The summed E-state index contributed by atoms with van der Waals surface area (Å²) in [6.45, 7) is 1.96. The van der Waals surface area contributed by atoms with Crippen molar-refractivity contribution in [3.63, 3.8) is 0 Å². The fraction of sp³-hybridized carbons (Fsp3) is 0.300. The number of hydrogen-bond donors (Lipinski definition) is 2. The minimum atomic E-state index is 0.00111. The standard InChI is InChI=1S/C10H12BrNOS/c1-7-2-3-8(11)6-9(7)12-10(13)4-5-14/h2-3,6,14H,4-5H2,1H3,(H,12,13). The predicted molar refractivity (Wildman–Crippen MR) is 66.0 cm³/mol. The van der Waals surface area contributed by atoms with Crippen LogP contribution in [0.3, 0.4) is 0 Å². The Hall–Kier alpha value is -0.480. The molecule has 76 valence electrons. The van der Waals surface area contributed by atoms with E-state index in [4.69, 9.17) is 0 Å². The summed E-state index contributed by atoms with van der Waals surface area (Å²) < 4.78 is 0.962. The molecule has 1 N–H and O–H groups in total. The van der Waals surface area contributed by atoms with Crippen LogP contribution in [0, 0.1) is 6.92 Å². The fourth-order valence-corrected chi connectivity index (χ4v) is 1.61. The number of aryl methyl sites for hydroxylation is 1. The van der Waals surface area contributed by atoms with Gasteiger partial charge in [0.2, 0.25) is 5.91 Å². The smallest absolute Gasteiger partial charge is 0.225 e. The van der Waals surface area contributed by atoms with Crippen molar-refractivity contribution in [2.75, 3.05) is 11.1 Å². The topological polar surface area (TPSA) is 29.1 Å². The maximum atomic E-state index is 11.3. The summed E-state index contributed by atoms with van der Waals surface area (Å²) in [7, 11) is 0. The molecule has 1 amide bonds. The highest BCUT2D eigenvalue weighted by Crippen LogP contribution is 2.20. The van der Waals surface area contributed by atoms with Gasteiger partial charge in [0, 0.05) is 16.6 Å². The SMILES string of the molecule is Cc1ccc(Br)cc1NC(=O)CCS. The zero-order valence-electron chi connectivity index (χ0n) is 7.88. The van der Waals surface area contributed by atoms with E-state index in [1.165, 1.54) is 0 Å². The van der Waals surface area contributed by atoms with E-state index < -0.39 is 0 Å². The lowest BCUT2D eigenvalue weighted by Crippen LogP contribution is -2.12. The number of anilines is 1. The molecule has 0 aliphatic carbocycles. The number of carbonyl (C=O) groups excluding carboxylic acids is 1. The lowest BCUT2D eigenvalue weighted by molar-refractivity contribution is -0.115. The first-order valence-electron chi connectivity index (χ1n) is 4.30. The second kappa shape index (κ2) is 5.41. The van der Waals surface area contributed by atoms with Crippen LogP contribution >= 0.6 is 28.6 Å². The molecular formula is C10H12BrNOS. The second-order valence-electron chi connectivity index (χ2n) is 2.98. The molecule has 0 spiro atoms. The quantitative estimate of drug-likeness (QED) is 0.815. The molecule has 14 heavy (non-hydrogen) atoms. The van der Waals surface area contributed by atoms with Crippen molar-refractivity contribution < 1.29 is 4.79 Å². The van der Waals surface area contributed by atoms with E-state index in [2.05, 4.69) is 33.9 Å². The molecule has 2 nitrogen and oxygen atoms in total. The molecule has 0 bridgehead atoms. The Bertz CT molecular complexity index is 341. The van der Waals surface area contributed by atoms with Crippen LogP contribution in [0.2, 0.25) is 0 Å². The molecule has 0 aliphatic heterocycles. The summed E-state index contributed by atoms with van der Waals surface area (Å²) >= 11 is 7.36. The Labute approximate surface area is 97.6 Å². The van der Waals surface area contributed by atoms with E-state index in [1.54, 1.807) is 0 Å². The monoisotopic (exact) mass is 273 g/mol. The summed E-state index contributed by atoms with van der Waals surface area (Å²) in [4.78, 5) is 11.3. The number of hydrogen-bond acceptors (Lipinski definition) is 2. The Morgan fingerprint density at radius 1 is 1.57 bits per heavy atom. The molecule has 0 aromatic heterocycles. The molecule has 1 aromatic carbocycles. The number of nitrogens with one attached hydrogen (secondary N) is 1. The molecule has 1 aromatic rings. The van der Waals surface area contributed by atoms with Crippen LogP contribution in [0.1, 0.15) is 12.0 Å². The average Bonchev–Trinajstić information content (AvgIpc) is 2.12. The lowest BCUT2D eigenvalue weighted by atomic mass is 10.2. The molecule has 0 unspecified atom stereocenters. The van der Waals surface area contributed by atoms with Gasteiger partial charge in [-0.2, -0.15) is 12.6 Å². The van der Waals surface area contributed by atoms with Gasteiger partial charge in [0.15, 0.2) is 0 Å². The summed E-state index contributed by atoms with van der Waals surface area (Å²) in [6, 6.07) is 5.80. The molecule has 0 saturated heterocycles. The third-order valence-electron chi connectivity index (χ3n) is 1.81. The van der Waals surface area contributed by atoms with E-state index in [0.717, 1.165) is 15.7 Å². The van der Waals surface area contributed by atoms with Gasteiger partial charge in [0.25, 0.3) is 0 Å². The zero-order chi connectivity index (χ0) is 10.6.